The smallest absolute Gasteiger partial charge is 0.264 e. The fourth-order valence-corrected chi connectivity index (χ4v) is 8.14. The highest BCUT2D eigenvalue weighted by Gasteiger charge is 2.37. The van der Waals surface area contributed by atoms with Gasteiger partial charge in [0, 0.05) is 60.4 Å². The average Bonchev–Trinajstić information content (AvgIpc) is 3.62. The minimum absolute atomic E-state index is 0.109. The van der Waals surface area contributed by atoms with E-state index in [1.165, 1.54) is 30.1 Å². The van der Waals surface area contributed by atoms with Crippen molar-refractivity contribution in [1.29, 1.82) is 5.26 Å². The van der Waals surface area contributed by atoms with Crippen LogP contribution in [0.15, 0.2) is 46.2 Å². The van der Waals surface area contributed by atoms with Crippen LogP contribution in [0.5, 0.6) is 0 Å². The average molecular weight is 504 g/mol. The van der Waals surface area contributed by atoms with E-state index in [9.17, 15) is 18.5 Å². The Labute approximate surface area is 210 Å². The fourth-order valence-electron chi connectivity index (χ4n) is 6.37. The number of nitriles is 1. The van der Waals surface area contributed by atoms with Crippen molar-refractivity contribution in [2.75, 3.05) is 35.8 Å². The summed E-state index contributed by atoms with van der Waals surface area (Å²) in [6.07, 6.45) is 6.05. The number of hydrogen-bond acceptors (Lipinski definition) is 6. The second kappa shape index (κ2) is 8.64. The summed E-state index contributed by atoms with van der Waals surface area (Å²) in [4.78, 5) is 17.7. The van der Waals surface area contributed by atoms with Crippen LogP contribution in [-0.4, -0.2) is 50.5 Å². The monoisotopic (exact) mass is 503 g/mol. The van der Waals surface area contributed by atoms with Crippen molar-refractivity contribution in [3.05, 3.63) is 63.6 Å². The van der Waals surface area contributed by atoms with E-state index in [1.807, 2.05) is 6.07 Å². The summed E-state index contributed by atoms with van der Waals surface area (Å²) in [6.45, 7) is 4.94. The van der Waals surface area contributed by atoms with Crippen LogP contribution < -0.4 is 15.2 Å². The van der Waals surface area contributed by atoms with Gasteiger partial charge in [0.25, 0.3) is 15.6 Å². The maximum atomic E-state index is 14.0. The molecule has 0 spiro atoms. The third-order valence-electron chi connectivity index (χ3n) is 8.08. The maximum Gasteiger partial charge on any atom is 0.264 e. The zero-order valence-corrected chi connectivity index (χ0v) is 21.1. The second-order valence-electron chi connectivity index (χ2n) is 10.2. The molecule has 2 aromatic carbocycles. The Morgan fingerprint density at radius 2 is 2.11 bits per heavy atom. The van der Waals surface area contributed by atoms with Crippen molar-refractivity contribution < 1.29 is 8.42 Å². The van der Waals surface area contributed by atoms with Gasteiger partial charge in [-0.15, -0.1) is 0 Å². The summed E-state index contributed by atoms with van der Waals surface area (Å²) in [7, 11) is -3.96. The molecular weight excluding hydrogens is 474 g/mol. The lowest BCUT2D eigenvalue weighted by molar-refractivity contribution is 0.221. The molecular formula is C27H29N5O3S. The molecule has 1 aliphatic carbocycles. The number of likely N-dealkylation sites (tertiary alicyclic amines) is 1. The highest BCUT2D eigenvalue weighted by atomic mass is 32.2. The molecule has 3 heterocycles. The van der Waals surface area contributed by atoms with E-state index in [4.69, 9.17) is 0 Å². The number of aromatic amines is 1. The van der Waals surface area contributed by atoms with Gasteiger partial charge in [-0.2, -0.15) is 5.26 Å². The van der Waals surface area contributed by atoms with Crippen molar-refractivity contribution in [3.63, 3.8) is 0 Å². The van der Waals surface area contributed by atoms with E-state index in [1.54, 1.807) is 37.4 Å². The zero-order valence-electron chi connectivity index (χ0n) is 20.3. The second-order valence-corrected chi connectivity index (χ2v) is 12.0. The Bertz CT molecular complexity index is 1570. The largest absolute Gasteiger partial charge is 0.383 e. The van der Waals surface area contributed by atoms with Gasteiger partial charge in [0.2, 0.25) is 0 Å². The first-order valence-electron chi connectivity index (χ1n) is 12.6. The van der Waals surface area contributed by atoms with Crippen molar-refractivity contribution >= 4 is 32.2 Å². The lowest BCUT2D eigenvalue weighted by Crippen LogP contribution is -2.35. The number of pyridine rings is 1. The van der Waals surface area contributed by atoms with Crippen molar-refractivity contribution in [2.45, 2.75) is 43.5 Å². The molecule has 0 radical (unpaired) electrons. The van der Waals surface area contributed by atoms with E-state index < -0.39 is 10.0 Å². The number of nitrogens with zero attached hydrogens (tertiary/aromatic N) is 3. The van der Waals surface area contributed by atoms with Gasteiger partial charge in [-0.3, -0.25) is 14.0 Å². The first kappa shape index (κ1) is 23.1. The van der Waals surface area contributed by atoms with Crippen LogP contribution in [0.1, 0.15) is 36.0 Å². The Balaban J connectivity index is 1.33. The number of fused-ring (bicyclic) bond motifs is 4. The molecule has 0 amide bonds. The van der Waals surface area contributed by atoms with Crippen LogP contribution in [0.3, 0.4) is 0 Å². The zero-order chi connectivity index (χ0) is 25.0. The van der Waals surface area contributed by atoms with E-state index in [0.717, 1.165) is 30.3 Å². The molecule has 9 heteroatoms. The highest BCUT2D eigenvalue weighted by molar-refractivity contribution is 7.93. The van der Waals surface area contributed by atoms with Gasteiger partial charge in [0.05, 0.1) is 22.2 Å². The molecule has 1 saturated carbocycles. The van der Waals surface area contributed by atoms with Gasteiger partial charge < -0.3 is 10.3 Å². The van der Waals surface area contributed by atoms with Crippen molar-refractivity contribution in [3.8, 4) is 6.07 Å². The number of nitrogens with one attached hydrogen (secondary N) is 2. The van der Waals surface area contributed by atoms with E-state index in [2.05, 4.69) is 21.3 Å². The number of piperidine rings is 1. The van der Waals surface area contributed by atoms with Gasteiger partial charge in [-0.1, -0.05) is 6.07 Å². The van der Waals surface area contributed by atoms with Crippen molar-refractivity contribution in [2.24, 2.45) is 5.92 Å². The van der Waals surface area contributed by atoms with Crippen LogP contribution in [0, 0.1) is 24.2 Å². The molecule has 2 atom stereocenters. The summed E-state index contributed by atoms with van der Waals surface area (Å²) in [5.74, 6) is 0.841. The molecule has 186 valence electrons. The van der Waals surface area contributed by atoms with Gasteiger partial charge >= 0.3 is 0 Å². The molecule has 6 rings (SSSR count). The lowest BCUT2D eigenvalue weighted by Gasteiger charge is -2.27. The SMILES string of the molecule is Cc1c[nH]c(=O)c2cccc(S(=O)(=O)N3CCc4c(NCCN5C[C@H]6CC[C@@H]5C6)cc(C#N)cc43)c12. The Hall–Kier alpha value is -3.35. The summed E-state index contributed by atoms with van der Waals surface area (Å²) < 4.78 is 29.3. The molecule has 1 aromatic heterocycles. The maximum absolute atomic E-state index is 14.0. The first-order valence-corrected chi connectivity index (χ1v) is 14.0. The number of sulfonamides is 1. The summed E-state index contributed by atoms with van der Waals surface area (Å²) in [5.41, 5.74) is 3.07. The third kappa shape index (κ3) is 3.67. The molecule has 2 aliphatic heterocycles. The Morgan fingerprint density at radius 1 is 1.25 bits per heavy atom. The normalized spacial score (nSPS) is 21.2. The lowest BCUT2D eigenvalue weighted by atomic mass is 10.1. The first-order chi connectivity index (χ1) is 17.4. The summed E-state index contributed by atoms with van der Waals surface area (Å²) in [5, 5.41) is 14.0. The minimum atomic E-state index is -3.96. The van der Waals surface area contributed by atoms with Crippen LogP contribution >= 0.6 is 0 Å². The van der Waals surface area contributed by atoms with Crippen LogP contribution in [-0.2, 0) is 16.4 Å². The van der Waals surface area contributed by atoms with Crippen LogP contribution in [0.4, 0.5) is 11.4 Å². The number of hydrogen-bond donors (Lipinski definition) is 2. The molecule has 2 N–H and O–H groups in total. The molecule has 2 bridgehead atoms. The quantitative estimate of drug-likeness (QED) is 0.534. The van der Waals surface area contributed by atoms with E-state index >= 15 is 0 Å². The predicted octanol–water partition coefficient (Wildman–Crippen LogP) is 3.36. The topological polar surface area (TPSA) is 109 Å². The van der Waals surface area contributed by atoms with Gasteiger partial charge in [0.1, 0.15) is 0 Å². The van der Waals surface area contributed by atoms with Crippen LogP contribution in [0.25, 0.3) is 10.8 Å². The van der Waals surface area contributed by atoms with Gasteiger partial charge in [-0.25, -0.2) is 8.42 Å². The number of H-pyrrole nitrogens is 1. The molecule has 0 unspecified atom stereocenters. The van der Waals surface area contributed by atoms with Gasteiger partial charge in [0.15, 0.2) is 0 Å². The number of aryl methyl sites for hydroxylation is 1. The Kier molecular flexibility index (Phi) is 5.54. The van der Waals surface area contributed by atoms with Gasteiger partial charge in [-0.05, 0) is 68.4 Å². The molecule has 3 aliphatic rings. The Morgan fingerprint density at radius 3 is 2.86 bits per heavy atom. The number of aromatic nitrogens is 1. The van der Waals surface area contributed by atoms with E-state index in [-0.39, 0.29) is 17.0 Å². The summed E-state index contributed by atoms with van der Waals surface area (Å²) >= 11 is 0. The number of rotatable bonds is 6. The van der Waals surface area contributed by atoms with Crippen LogP contribution in [0.2, 0.25) is 0 Å². The van der Waals surface area contributed by atoms with Crippen molar-refractivity contribution in [1.82, 2.24) is 9.88 Å². The molecule has 1 saturated heterocycles. The number of benzene rings is 2. The molecule has 8 nitrogen and oxygen atoms in total. The highest BCUT2D eigenvalue weighted by Crippen LogP contribution is 2.40. The van der Waals surface area contributed by atoms with E-state index in [0.29, 0.717) is 40.0 Å². The minimum Gasteiger partial charge on any atom is -0.383 e. The molecule has 2 fully saturated rings. The standard InChI is InChI=1S/C27H29N5O3S/c1-17-15-30-27(33)22-3-2-4-25(26(17)22)36(34,35)32-9-7-21-23(12-19(14-28)13-24(21)32)29-8-10-31-16-18-5-6-20(31)11-18/h2-4,12-13,15,18,20,29H,5-11,16H2,1H3,(H,30,33)/t18-,20+/m0/s1. The summed E-state index contributed by atoms with van der Waals surface area (Å²) in [6, 6.07) is 11.2. The molecule has 36 heavy (non-hydrogen) atoms. The third-order valence-corrected chi connectivity index (χ3v) is 9.93. The number of anilines is 2. The fraction of sp³-hybridized carbons (Fsp3) is 0.407. The molecule has 3 aromatic rings. The predicted molar refractivity (Wildman–Crippen MR) is 140 cm³/mol.